The minimum atomic E-state index is -0.280. The van der Waals surface area contributed by atoms with Crippen molar-refractivity contribution in [3.63, 3.8) is 0 Å². The summed E-state index contributed by atoms with van der Waals surface area (Å²) in [5.41, 5.74) is 2.13. The Labute approximate surface area is 171 Å². The van der Waals surface area contributed by atoms with Gasteiger partial charge in [0.25, 0.3) is 0 Å². The minimum absolute atomic E-state index is 0.0803. The van der Waals surface area contributed by atoms with Crippen molar-refractivity contribution in [2.45, 2.75) is 14.7 Å². The van der Waals surface area contributed by atoms with Crippen LogP contribution in [0.5, 0.6) is 0 Å². The molecule has 0 aromatic heterocycles. The van der Waals surface area contributed by atoms with Crippen LogP contribution in [-0.2, 0) is 4.79 Å². The van der Waals surface area contributed by atoms with E-state index in [9.17, 15) is 4.79 Å². The Balaban J connectivity index is 1.77. The van der Waals surface area contributed by atoms with E-state index >= 15 is 0 Å². The third kappa shape index (κ3) is 3.10. The second-order valence-electron chi connectivity index (χ2n) is 6.13. The van der Waals surface area contributed by atoms with Crippen molar-refractivity contribution in [1.82, 2.24) is 4.90 Å². The summed E-state index contributed by atoms with van der Waals surface area (Å²) in [6.45, 7) is 0. The van der Waals surface area contributed by atoms with Gasteiger partial charge in [-0.3, -0.25) is 4.79 Å². The van der Waals surface area contributed by atoms with E-state index in [1.165, 1.54) is 10.8 Å². The molecule has 4 rings (SSSR count). The lowest BCUT2D eigenvalue weighted by Gasteiger charge is -2.26. The maximum Gasteiger partial charge on any atom is 0.243 e. The molecule has 3 atom stereocenters. The first-order valence-electron chi connectivity index (χ1n) is 8.30. The molecule has 0 N–H and O–H groups in total. The summed E-state index contributed by atoms with van der Waals surface area (Å²) in [7, 11) is 0. The number of amides is 1. The first-order valence-corrected chi connectivity index (χ1v) is 10.5. The molecule has 2 nitrogen and oxygen atoms in total. The molecule has 128 valence electrons. The van der Waals surface area contributed by atoms with Gasteiger partial charge in [0, 0.05) is 0 Å². The Morgan fingerprint density at radius 3 is 2.38 bits per heavy atom. The third-order valence-electron chi connectivity index (χ3n) is 4.54. The molecule has 0 radical (unpaired) electrons. The van der Waals surface area contributed by atoms with Gasteiger partial charge in [-0.05, 0) is 50.6 Å². The SMILES string of the molecule is C#CC(I)N1C(=O)C(c2ccccc2)SC1c1ccc2ccccc2c1. The number of hydrogen-bond donors (Lipinski definition) is 0. The number of benzene rings is 3. The minimum Gasteiger partial charge on any atom is -0.302 e. The molecule has 0 spiro atoms. The lowest BCUT2D eigenvalue weighted by atomic mass is 10.1. The Bertz CT molecular complexity index is 998. The Morgan fingerprint density at radius 2 is 1.65 bits per heavy atom. The van der Waals surface area contributed by atoms with Crippen LogP contribution in [0.15, 0.2) is 72.8 Å². The molecular weight excluding hydrogens is 453 g/mol. The summed E-state index contributed by atoms with van der Waals surface area (Å²) in [5.74, 6) is 2.80. The van der Waals surface area contributed by atoms with E-state index < -0.39 is 0 Å². The van der Waals surface area contributed by atoms with Crippen LogP contribution in [0.4, 0.5) is 0 Å². The van der Waals surface area contributed by atoms with E-state index in [1.807, 2.05) is 47.4 Å². The van der Waals surface area contributed by atoms with Gasteiger partial charge in [0.05, 0.1) is 0 Å². The van der Waals surface area contributed by atoms with Crippen molar-refractivity contribution in [1.29, 1.82) is 0 Å². The van der Waals surface area contributed by atoms with E-state index in [-0.39, 0.29) is 20.6 Å². The van der Waals surface area contributed by atoms with Gasteiger partial charge in [-0.1, -0.05) is 72.7 Å². The van der Waals surface area contributed by atoms with Crippen LogP contribution in [0.2, 0.25) is 0 Å². The fourth-order valence-electron chi connectivity index (χ4n) is 3.26. The largest absolute Gasteiger partial charge is 0.302 e. The van der Waals surface area contributed by atoms with E-state index in [4.69, 9.17) is 6.42 Å². The second kappa shape index (κ2) is 7.34. The zero-order valence-corrected chi connectivity index (χ0v) is 16.9. The molecule has 3 unspecified atom stereocenters. The standard InChI is InChI=1S/C22H16INOS/c1-2-19(23)24-21(25)20(16-9-4-3-5-10-16)26-22(24)18-13-12-15-8-6-7-11-17(15)14-18/h1,3-14,19-20,22H. The van der Waals surface area contributed by atoms with Crippen LogP contribution in [0.3, 0.4) is 0 Å². The molecular formula is C22H16INOS. The molecule has 0 saturated carbocycles. The normalized spacial score (nSPS) is 20.9. The highest BCUT2D eigenvalue weighted by molar-refractivity contribution is 14.1. The summed E-state index contributed by atoms with van der Waals surface area (Å²) in [6.07, 6.45) is 5.67. The number of nitrogens with zero attached hydrogens (tertiary/aromatic N) is 1. The molecule has 1 heterocycles. The number of terminal acetylenes is 1. The number of hydrogen-bond acceptors (Lipinski definition) is 2. The van der Waals surface area contributed by atoms with Crippen LogP contribution in [0.1, 0.15) is 21.8 Å². The molecule has 3 aromatic carbocycles. The zero-order chi connectivity index (χ0) is 18.1. The first-order chi connectivity index (χ1) is 12.7. The Hall–Kier alpha value is -1.97. The average molecular weight is 469 g/mol. The van der Waals surface area contributed by atoms with E-state index in [0.717, 1.165) is 11.1 Å². The summed E-state index contributed by atoms with van der Waals surface area (Å²) in [5, 5.41) is 2.06. The number of rotatable bonds is 3. The number of carbonyl (C=O) groups is 1. The summed E-state index contributed by atoms with van der Waals surface area (Å²) >= 11 is 3.83. The van der Waals surface area contributed by atoms with Crippen LogP contribution >= 0.6 is 34.4 Å². The van der Waals surface area contributed by atoms with Crippen molar-refractivity contribution in [2.24, 2.45) is 0 Å². The van der Waals surface area contributed by atoms with Gasteiger partial charge < -0.3 is 4.90 Å². The Kier molecular flexibility index (Phi) is 4.92. The molecule has 4 heteroatoms. The van der Waals surface area contributed by atoms with Crippen molar-refractivity contribution < 1.29 is 4.79 Å². The summed E-state index contributed by atoms with van der Waals surface area (Å²) < 4.78 is -0.280. The van der Waals surface area contributed by atoms with Crippen LogP contribution in [-0.4, -0.2) is 14.9 Å². The molecule has 1 aliphatic heterocycles. The van der Waals surface area contributed by atoms with Crippen molar-refractivity contribution in [3.05, 3.63) is 83.9 Å². The van der Waals surface area contributed by atoms with Gasteiger partial charge in [0.1, 0.15) is 14.7 Å². The molecule has 1 aliphatic rings. The van der Waals surface area contributed by atoms with Crippen molar-refractivity contribution in [2.75, 3.05) is 0 Å². The fourth-order valence-corrected chi connectivity index (χ4v) is 5.55. The van der Waals surface area contributed by atoms with Gasteiger partial charge in [-0.2, -0.15) is 0 Å². The quantitative estimate of drug-likeness (QED) is 0.217. The van der Waals surface area contributed by atoms with Crippen LogP contribution in [0, 0.1) is 12.3 Å². The average Bonchev–Trinajstić information content (AvgIpc) is 3.05. The zero-order valence-electron chi connectivity index (χ0n) is 13.9. The highest BCUT2D eigenvalue weighted by atomic mass is 127. The number of thioether (sulfide) groups is 1. The highest BCUT2D eigenvalue weighted by Crippen LogP contribution is 2.52. The van der Waals surface area contributed by atoms with E-state index in [1.54, 1.807) is 11.8 Å². The topological polar surface area (TPSA) is 20.3 Å². The molecule has 1 amide bonds. The number of alkyl halides is 1. The first kappa shape index (κ1) is 17.4. The van der Waals surface area contributed by atoms with Gasteiger partial charge in [0.15, 0.2) is 0 Å². The van der Waals surface area contributed by atoms with Gasteiger partial charge in [0.2, 0.25) is 5.91 Å². The van der Waals surface area contributed by atoms with Gasteiger partial charge >= 0.3 is 0 Å². The molecule has 26 heavy (non-hydrogen) atoms. The van der Waals surface area contributed by atoms with Gasteiger partial charge in [-0.25, -0.2) is 0 Å². The molecule has 1 saturated heterocycles. The summed E-state index contributed by atoms with van der Waals surface area (Å²) in [4.78, 5) is 15.0. The van der Waals surface area contributed by atoms with E-state index in [0.29, 0.717) is 0 Å². The molecule has 0 aliphatic carbocycles. The van der Waals surface area contributed by atoms with Crippen LogP contribution in [0.25, 0.3) is 10.8 Å². The lowest BCUT2D eigenvalue weighted by molar-refractivity contribution is -0.129. The maximum absolute atomic E-state index is 13.2. The molecule has 1 fully saturated rings. The fraction of sp³-hybridized carbons (Fsp3) is 0.136. The van der Waals surface area contributed by atoms with Crippen molar-refractivity contribution >= 4 is 51.0 Å². The van der Waals surface area contributed by atoms with Crippen molar-refractivity contribution in [3.8, 4) is 12.3 Å². The smallest absolute Gasteiger partial charge is 0.243 e. The third-order valence-corrected chi connectivity index (χ3v) is 7.00. The molecule has 0 bridgehead atoms. The number of carbonyl (C=O) groups excluding carboxylic acids is 1. The lowest BCUT2D eigenvalue weighted by Crippen LogP contribution is -2.34. The molecule has 3 aromatic rings. The monoisotopic (exact) mass is 469 g/mol. The number of fused-ring (bicyclic) bond motifs is 1. The predicted octanol–water partition coefficient (Wildman–Crippen LogP) is 5.55. The number of halogens is 1. The summed E-state index contributed by atoms with van der Waals surface area (Å²) in [6, 6.07) is 24.6. The predicted molar refractivity (Wildman–Crippen MR) is 117 cm³/mol. The maximum atomic E-state index is 13.2. The second-order valence-corrected chi connectivity index (χ2v) is 8.50. The van der Waals surface area contributed by atoms with E-state index in [2.05, 4.69) is 58.8 Å². The van der Waals surface area contributed by atoms with Crippen LogP contribution < -0.4 is 0 Å². The Morgan fingerprint density at radius 1 is 0.962 bits per heavy atom. The highest BCUT2D eigenvalue weighted by Gasteiger charge is 2.44. The van der Waals surface area contributed by atoms with Gasteiger partial charge in [-0.15, -0.1) is 18.2 Å².